The van der Waals surface area contributed by atoms with Crippen LogP contribution in [0.15, 0.2) is 24.3 Å². The van der Waals surface area contributed by atoms with E-state index in [2.05, 4.69) is 5.32 Å². The molecule has 2 nitrogen and oxygen atoms in total. The van der Waals surface area contributed by atoms with Gasteiger partial charge in [0.1, 0.15) is 0 Å². The Bertz CT molecular complexity index is 365. The summed E-state index contributed by atoms with van der Waals surface area (Å²) in [5.74, 6) is 0. The van der Waals surface area contributed by atoms with Crippen molar-refractivity contribution < 1.29 is 17.9 Å². The molecule has 0 radical (unpaired) electrons. The van der Waals surface area contributed by atoms with Gasteiger partial charge in [-0.3, -0.25) is 0 Å². The topological polar surface area (TPSA) is 21.3 Å². The van der Waals surface area contributed by atoms with Crippen molar-refractivity contribution in [1.29, 1.82) is 0 Å². The van der Waals surface area contributed by atoms with Gasteiger partial charge in [-0.15, -0.1) is 0 Å². The Hall–Kier alpha value is -1.07. The van der Waals surface area contributed by atoms with E-state index in [0.29, 0.717) is 25.1 Å². The average Bonchev–Trinajstić information content (AvgIpc) is 2.28. The van der Waals surface area contributed by atoms with Crippen molar-refractivity contribution in [3.8, 4) is 0 Å². The molecular weight excluding hydrogens is 243 g/mol. The number of nitrogens with one attached hydrogen (secondary N) is 1. The Kier molecular flexibility index (Phi) is 5.62. The predicted octanol–water partition coefficient (Wildman–Crippen LogP) is 2.87. The molecule has 0 fully saturated rings. The van der Waals surface area contributed by atoms with Crippen molar-refractivity contribution >= 4 is 0 Å². The molecule has 1 aromatic rings. The Balaban J connectivity index is 2.57. The van der Waals surface area contributed by atoms with Crippen molar-refractivity contribution in [2.24, 2.45) is 0 Å². The first-order chi connectivity index (χ1) is 8.43. The number of halogens is 3. The van der Waals surface area contributed by atoms with E-state index in [1.165, 1.54) is 12.1 Å². The minimum atomic E-state index is -4.28. The van der Waals surface area contributed by atoms with Crippen LogP contribution in [0.25, 0.3) is 0 Å². The first-order valence-corrected chi connectivity index (χ1v) is 5.82. The quantitative estimate of drug-likeness (QED) is 0.795. The van der Waals surface area contributed by atoms with E-state index in [4.69, 9.17) is 4.74 Å². The number of methoxy groups -OCH3 is 1. The van der Waals surface area contributed by atoms with E-state index < -0.39 is 11.7 Å². The standard InChI is InChI=1S/C13H18F3NO/c1-10(17-6-7-18-2)8-11-4-3-5-12(9-11)13(14,15)16/h3-5,9-10,17H,6-8H2,1-2H3/t10-/m0/s1. The Morgan fingerprint density at radius 2 is 2.06 bits per heavy atom. The molecule has 0 aliphatic rings. The third kappa shape index (κ3) is 5.06. The molecule has 1 N–H and O–H groups in total. The molecule has 0 aromatic heterocycles. The second-order valence-corrected chi connectivity index (χ2v) is 4.25. The molecular formula is C13H18F3NO. The zero-order valence-corrected chi connectivity index (χ0v) is 10.6. The van der Waals surface area contributed by atoms with E-state index in [1.54, 1.807) is 13.2 Å². The van der Waals surface area contributed by atoms with Crippen molar-refractivity contribution in [2.45, 2.75) is 25.6 Å². The second kappa shape index (κ2) is 6.75. The van der Waals surface area contributed by atoms with Gasteiger partial charge < -0.3 is 10.1 Å². The second-order valence-electron chi connectivity index (χ2n) is 4.25. The van der Waals surface area contributed by atoms with Crippen LogP contribution in [-0.2, 0) is 17.3 Å². The first kappa shape index (κ1) is 15.0. The fourth-order valence-corrected chi connectivity index (χ4v) is 1.71. The van der Waals surface area contributed by atoms with Crippen molar-refractivity contribution in [1.82, 2.24) is 5.32 Å². The molecule has 0 saturated heterocycles. The first-order valence-electron chi connectivity index (χ1n) is 5.82. The summed E-state index contributed by atoms with van der Waals surface area (Å²) in [5.41, 5.74) is 0.0892. The van der Waals surface area contributed by atoms with Gasteiger partial charge in [-0.25, -0.2) is 0 Å². The minimum absolute atomic E-state index is 0.114. The van der Waals surface area contributed by atoms with Gasteiger partial charge in [-0.2, -0.15) is 13.2 Å². The lowest BCUT2D eigenvalue weighted by Gasteiger charge is -2.14. The number of rotatable bonds is 6. The van der Waals surface area contributed by atoms with Crippen molar-refractivity contribution in [3.05, 3.63) is 35.4 Å². The molecule has 5 heteroatoms. The molecule has 0 spiro atoms. The smallest absolute Gasteiger partial charge is 0.383 e. The minimum Gasteiger partial charge on any atom is -0.383 e. The number of benzene rings is 1. The highest BCUT2D eigenvalue weighted by molar-refractivity contribution is 5.26. The molecule has 0 aliphatic heterocycles. The van der Waals surface area contributed by atoms with Crippen LogP contribution in [0, 0.1) is 0 Å². The van der Waals surface area contributed by atoms with Gasteiger partial charge in [-0.1, -0.05) is 18.2 Å². The van der Waals surface area contributed by atoms with Crippen LogP contribution < -0.4 is 5.32 Å². The molecule has 1 atom stereocenters. The number of hydrogen-bond donors (Lipinski definition) is 1. The number of alkyl halides is 3. The fourth-order valence-electron chi connectivity index (χ4n) is 1.71. The zero-order chi connectivity index (χ0) is 13.6. The van der Waals surface area contributed by atoms with Gasteiger partial charge >= 0.3 is 6.18 Å². The highest BCUT2D eigenvalue weighted by Crippen LogP contribution is 2.29. The number of hydrogen-bond acceptors (Lipinski definition) is 2. The molecule has 1 aromatic carbocycles. The average molecular weight is 261 g/mol. The van der Waals surface area contributed by atoms with Crippen molar-refractivity contribution in [3.63, 3.8) is 0 Å². The van der Waals surface area contributed by atoms with Gasteiger partial charge in [-0.05, 0) is 25.0 Å². The third-order valence-electron chi connectivity index (χ3n) is 2.60. The van der Waals surface area contributed by atoms with Crippen LogP contribution in [-0.4, -0.2) is 26.3 Å². The summed E-state index contributed by atoms with van der Waals surface area (Å²) in [6.07, 6.45) is -3.71. The van der Waals surface area contributed by atoms with Crippen LogP contribution in [0.2, 0.25) is 0 Å². The van der Waals surface area contributed by atoms with Crippen LogP contribution in [0.3, 0.4) is 0 Å². The van der Waals surface area contributed by atoms with Gasteiger partial charge in [0.15, 0.2) is 0 Å². The Labute approximate surface area is 105 Å². The normalized spacial score (nSPS) is 13.6. The lowest BCUT2D eigenvalue weighted by atomic mass is 10.0. The molecule has 102 valence electrons. The summed E-state index contributed by atoms with van der Waals surface area (Å²) in [5, 5.41) is 3.18. The lowest BCUT2D eigenvalue weighted by molar-refractivity contribution is -0.137. The SMILES string of the molecule is COCCN[C@@H](C)Cc1cccc(C(F)(F)F)c1. The van der Waals surface area contributed by atoms with Gasteiger partial charge in [0.05, 0.1) is 12.2 Å². The van der Waals surface area contributed by atoms with E-state index in [-0.39, 0.29) is 6.04 Å². The Morgan fingerprint density at radius 3 is 2.67 bits per heavy atom. The summed E-state index contributed by atoms with van der Waals surface area (Å²) >= 11 is 0. The van der Waals surface area contributed by atoms with E-state index >= 15 is 0 Å². The van der Waals surface area contributed by atoms with Crippen molar-refractivity contribution in [2.75, 3.05) is 20.3 Å². The van der Waals surface area contributed by atoms with Crippen LogP contribution in [0.4, 0.5) is 13.2 Å². The van der Waals surface area contributed by atoms with E-state index in [0.717, 1.165) is 6.07 Å². The van der Waals surface area contributed by atoms with Crippen LogP contribution >= 0.6 is 0 Å². The fraction of sp³-hybridized carbons (Fsp3) is 0.538. The van der Waals surface area contributed by atoms with Gasteiger partial charge in [0, 0.05) is 19.7 Å². The maximum Gasteiger partial charge on any atom is 0.416 e. The van der Waals surface area contributed by atoms with E-state index in [1.807, 2.05) is 6.92 Å². The molecule has 0 aliphatic carbocycles. The molecule has 0 heterocycles. The van der Waals surface area contributed by atoms with Crippen LogP contribution in [0.1, 0.15) is 18.1 Å². The molecule has 18 heavy (non-hydrogen) atoms. The third-order valence-corrected chi connectivity index (χ3v) is 2.60. The molecule has 0 saturated carbocycles. The molecule has 0 amide bonds. The maximum absolute atomic E-state index is 12.5. The molecule has 0 unspecified atom stereocenters. The summed E-state index contributed by atoms with van der Waals surface area (Å²) in [4.78, 5) is 0. The predicted molar refractivity (Wildman–Crippen MR) is 64.5 cm³/mol. The number of ether oxygens (including phenoxy) is 1. The zero-order valence-electron chi connectivity index (χ0n) is 10.6. The van der Waals surface area contributed by atoms with E-state index in [9.17, 15) is 13.2 Å². The molecule has 1 rings (SSSR count). The monoisotopic (exact) mass is 261 g/mol. The van der Waals surface area contributed by atoms with Crippen LogP contribution in [0.5, 0.6) is 0 Å². The van der Waals surface area contributed by atoms with Gasteiger partial charge in [0.25, 0.3) is 0 Å². The summed E-state index contributed by atoms with van der Waals surface area (Å²) < 4.78 is 42.5. The highest BCUT2D eigenvalue weighted by atomic mass is 19.4. The maximum atomic E-state index is 12.5. The molecule has 0 bridgehead atoms. The largest absolute Gasteiger partial charge is 0.416 e. The summed E-state index contributed by atoms with van der Waals surface area (Å²) in [6.45, 7) is 3.22. The van der Waals surface area contributed by atoms with Gasteiger partial charge in [0.2, 0.25) is 0 Å². The lowest BCUT2D eigenvalue weighted by Crippen LogP contribution is -2.31. The summed E-state index contributed by atoms with van der Waals surface area (Å²) in [7, 11) is 1.61. The highest BCUT2D eigenvalue weighted by Gasteiger charge is 2.30. The summed E-state index contributed by atoms with van der Waals surface area (Å²) in [6, 6.07) is 5.56. The Morgan fingerprint density at radius 1 is 1.33 bits per heavy atom.